The van der Waals surface area contributed by atoms with Crippen molar-refractivity contribution in [2.45, 2.75) is 19.6 Å². The highest BCUT2D eigenvalue weighted by atomic mass is 16.5. The van der Waals surface area contributed by atoms with E-state index in [9.17, 15) is 0 Å². The fourth-order valence-corrected chi connectivity index (χ4v) is 2.95. The third-order valence-electron chi connectivity index (χ3n) is 4.22. The van der Waals surface area contributed by atoms with Crippen molar-refractivity contribution >= 4 is 5.96 Å². The normalized spacial score (nSPS) is 11.5. The number of ether oxygens (including phenoxy) is 1. The molecule has 2 aromatic rings. The Labute approximate surface area is 157 Å². The summed E-state index contributed by atoms with van der Waals surface area (Å²) in [6, 6.07) is 16.6. The number of hydrogen-bond donors (Lipinski definition) is 1. The summed E-state index contributed by atoms with van der Waals surface area (Å²) in [5.41, 5.74) is 3.74. The van der Waals surface area contributed by atoms with E-state index in [-0.39, 0.29) is 0 Å². The zero-order chi connectivity index (χ0) is 18.9. The Hall–Kier alpha value is -2.53. The molecule has 0 saturated carbocycles. The zero-order valence-electron chi connectivity index (χ0n) is 16.5. The number of rotatable bonds is 7. The van der Waals surface area contributed by atoms with Gasteiger partial charge in [-0.05, 0) is 31.3 Å². The molecule has 5 heteroatoms. The van der Waals surface area contributed by atoms with Gasteiger partial charge in [0.05, 0.1) is 7.11 Å². The van der Waals surface area contributed by atoms with Crippen LogP contribution in [-0.4, -0.2) is 51.1 Å². The quantitative estimate of drug-likeness (QED) is 0.613. The Morgan fingerprint density at radius 2 is 1.54 bits per heavy atom. The lowest BCUT2D eigenvalue weighted by Gasteiger charge is -2.24. The van der Waals surface area contributed by atoms with E-state index in [0.717, 1.165) is 36.9 Å². The standard InChI is InChI=1S/C21H30N4O/c1-22-21(25(4)16-19-12-8-9-13-20(19)26-5)23-14-17-10-6-7-11-18(17)15-24(2)3/h6-13H,14-16H2,1-5H3,(H,22,23). The largest absolute Gasteiger partial charge is 0.496 e. The van der Waals surface area contributed by atoms with Crippen LogP contribution < -0.4 is 10.1 Å². The van der Waals surface area contributed by atoms with Crippen LogP contribution in [0.3, 0.4) is 0 Å². The number of benzene rings is 2. The predicted octanol–water partition coefficient (Wildman–Crippen LogP) is 2.96. The van der Waals surface area contributed by atoms with Crippen LogP contribution in [0.1, 0.15) is 16.7 Å². The minimum absolute atomic E-state index is 0.725. The van der Waals surface area contributed by atoms with Crippen molar-refractivity contribution in [3.05, 3.63) is 65.2 Å². The molecule has 0 unspecified atom stereocenters. The summed E-state index contributed by atoms with van der Waals surface area (Å²) in [6.07, 6.45) is 0. The van der Waals surface area contributed by atoms with E-state index in [4.69, 9.17) is 4.74 Å². The Kier molecular flexibility index (Phi) is 7.48. The molecule has 0 aliphatic rings. The minimum atomic E-state index is 0.725. The van der Waals surface area contributed by atoms with Gasteiger partial charge in [0.1, 0.15) is 5.75 Å². The Balaban J connectivity index is 2.04. The molecule has 0 aliphatic carbocycles. The van der Waals surface area contributed by atoms with Gasteiger partial charge >= 0.3 is 0 Å². The molecule has 0 spiro atoms. The molecule has 0 amide bonds. The molecule has 0 aromatic heterocycles. The van der Waals surface area contributed by atoms with Crippen molar-refractivity contribution in [3.63, 3.8) is 0 Å². The monoisotopic (exact) mass is 354 g/mol. The van der Waals surface area contributed by atoms with Crippen LogP contribution in [0.15, 0.2) is 53.5 Å². The maximum atomic E-state index is 5.45. The molecule has 2 rings (SSSR count). The highest BCUT2D eigenvalue weighted by Crippen LogP contribution is 2.18. The number of methoxy groups -OCH3 is 1. The number of aliphatic imine (C=N–C) groups is 1. The number of hydrogen-bond acceptors (Lipinski definition) is 3. The number of nitrogens with one attached hydrogen (secondary N) is 1. The first kappa shape index (κ1) is 19.8. The Bertz CT molecular complexity index is 727. The van der Waals surface area contributed by atoms with Gasteiger partial charge in [-0.3, -0.25) is 4.99 Å². The molecule has 0 aliphatic heterocycles. The Morgan fingerprint density at radius 1 is 0.923 bits per heavy atom. The lowest BCUT2D eigenvalue weighted by atomic mass is 10.1. The first-order chi connectivity index (χ1) is 12.5. The number of nitrogens with zero attached hydrogens (tertiary/aromatic N) is 3. The second kappa shape index (κ2) is 9.82. The average molecular weight is 354 g/mol. The molecule has 0 bridgehead atoms. The van der Waals surface area contributed by atoms with E-state index in [1.54, 1.807) is 7.11 Å². The van der Waals surface area contributed by atoms with Crippen molar-refractivity contribution in [1.82, 2.24) is 15.1 Å². The molecule has 0 atom stereocenters. The van der Waals surface area contributed by atoms with Gasteiger partial charge in [-0.25, -0.2) is 0 Å². The van der Waals surface area contributed by atoms with Gasteiger partial charge < -0.3 is 19.9 Å². The average Bonchev–Trinajstić information content (AvgIpc) is 2.63. The van der Waals surface area contributed by atoms with Crippen LogP contribution in [0, 0.1) is 0 Å². The van der Waals surface area contributed by atoms with E-state index in [0.29, 0.717) is 0 Å². The second-order valence-electron chi connectivity index (χ2n) is 6.58. The highest BCUT2D eigenvalue weighted by molar-refractivity contribution is 5.79. The molecule has 5 nitrogen and oxygen atoms in total. The lowest BCUT2D eigenvalue weighted by molar-refractivity contribution is 0.395. The molecular formula is C21H30N4O. The van der Waals surface area contributed by atoms with Gasteiger partial charge in [-0.15, -0.1) is 0 Å². The van der Waals surface area contributed by atoms with Crippen molar-refractivity contribution in [2.75, 3.05) is 35.3 Å². The van der Waals surface area contributed by atoms with Gasteiger partial charge in [-0.2, -0.15) is 0 Å². The molecule has 0 saturated heterocycles. The molecule has 0 radical (unpaired) electrons. The maximum absolute atomic E-state index is 5.45. The van der Waals surface area contributed by atoms with Gasteiger partial charge in [0, 0.05) is 39.3 Å². The van der Waals surface area contributed by atoms with E-state index in [2.05, 4.69) is 64.5 Å². The zero-order valence-corrected chi connectivity index (χ0v) is 16.5. The van der Waals surface area contributed by atoms with Crippen LogP contribution in [0.25, 0.3) is 0 Å². The minimum Gasteiger partial charge on any atom is -0.496 e. The van der Waals surface area contributed by atoms with E-state index < -0.39 is 0 Å². The summed E-state index contributed by atoms with van der Waals surface area (Å²) in [6.45, 7) is 2.39. The second-order valence-corrected chi connectivity index (χ2v) is 6.58. The summed E-state index contributed by atoms with van der Waals surface area (Å²) in [5.74, 6) is 1.75. The topological polar surface area (TPSA) is 40.1 Å². The Morgan fingerprint density at radius 3 is 2.15 bits per heavy atom. The third-order valence-corrected chi connectivity index (χ3v) is 4.22. The molecule has 26 heavy (non-hydrogen) atoms. The van der Waals surface area contributed by atoms with Crippen molar-refractivity contribution in [1.29, 1.82) is 0 Å². The van der Waals surface area contributed by atoms with Gasteiger partial charge in [0.25, 0.3) is 0 Å². The predicted molar refractivity (Wildman–Crippen MR) is 108 cm³/mol. The lowest BCUT2D eigenvalue weighted by Crippen LogP contribution is -2.38. The van der Waals surface area contributed by atoms with Crippen molar-refractivity contribution in [3.8, 4) is 5.75 Å². The first-order valence-electron chi connectivity index (χ1n) is 8.80. The van der Waals surface area contributed by atoms with Crippen molar-refractivity contribution in [2.24, 2.45) is 4.99 Å². The number of guanidine groups is 1. The molecule has 140 valence electrons. The molecule has 0 fully saturated rings. The van der Waals surface area contributed by atoms with E-state index in [1.807, 2.05) is 32.3 Å². The number of para-hydroxylation sites is 1. The summed E-state index contributed by atoms with van der Waals surface area (Å²) in [4.78, 5) is 8.71. The SMILES string of the molecule is CN=C(NCc1ccccc1CN(C)C)N(C)Cc1ccccc1OC. The molecule has 2 aromatic carbocycles. The summed E-state index contributed by atoms with van der Waals surface area (Å²) < 4.78 is 5.45. The molecular weight excluding hydrogens is 324 g/mol. The van der Waals surface area contributed by atoms with E-state index in [1.165, 1.54) is 11.1 Å². The van der Waals surface area contributed by atoms with Crippen molar-refractivity contribution < 1.29 is 4.74 Å². The summed E-state index contributed by atoms with van der Waals surface area (Å²) >= 11 is 0. The van der Waals surface area contributed by atoms with Crippen LogP contribution in [0.2, 0.25) is 0 Å². The van der Waals surface area contributed by atoms with Crippen LogP contribution in [0.5, 0.6) is 5.75 Å². The smallest absolute Gasteiger partial charge is 0.193 e. The fraction of sp³-hybridized carbons (Fsp3) is 0.381. The van der Waals surface area contributed by atoms with Gasteiger partial charge in [0.2, 0.25) is 0 Å². The maximum Gasteiger partial charge on any atom is 0.193 e. The van der Waals surface area contributed by atoms with E-state index >= 15 is 0 Å². The summed E-state index contributed by atoms with van der Waals surface area (Å²) in [5, 5.41) is 3.47. The molecule has 1 N–H and O–H groups in total. The van der Waals surface area contributed by atoms with Gasteiger partial charge in [-0.1, -0.05) is 42.5 Å². The highest BCUT2D eigenvalue weighted by Gasteiger charge is 2.11. The third kappa shape index (κ3) is 5.49. The summed E-state index contributed by atoms with van der Waals surface area (Å²) in [7, 11) is 9.72. The fourth-order valence-electron chi connectivity index (χ4n) is 2.95. The van der Waals surface area contributed by atoms with Crippen LogP contribution in [0.4, 0.5) is 0 Å². The molecule has 0 heterocycles. The first-order valence-corrected chi connectivity index (χ1v) is 8.80. The van der Waals surface area contributed by atoms with Crippen LogP contribution in [-0.2, 0) is 19.6 Å². The van der Waals surface area contributed by atoms with Crippen LogP contribution >= 0.6 is 0 Å². The van der Waals surface area contributed by atoms with Gasteiger partial charge in [0.15, 0.2) is 5.96 Å².